The summed E-state index contributed by atoms with van der Waals surface area (Å²) >= 11 is 0. The molecule has 1 aliphatic heterocycles. The predicted molar refractivity (Wildman–Crippen MR) is 73.2 cm³/mol. The highest BCUT2D eigenvalue weighted by Gasteiger charge is 2.09. The van der Waals surface area contributed by atoms with E-state index in [4.69, 9.17) is 5.26 Å². The Morgan fingerprint density at radius 3 is 2.89 bits per heavy atom. The van der Waals surface area contributed by atoms with Crippen LogP contribution in [-0.2, 0) is 6.54 Å². The van der Waals surface area contributed by atoms with Gasteiger partial charge in [-0.05, 0) is 63.1 Å². The van der Waals surface area contributed by atoms with Crippen LogP contribution in [0.5, 0.6) is 0 Å². The average molecular weight is 243 g/mol. The molecule has 1 fully saturated rings. The van der Waals surface area contributed by atoms with Crippen LogP contribution in [0.2, 0.25) is 0 Å². The number of likely N-dealkylation sites (tertiary alicyclic amines) is 1. The van der Waals surface area contributed by atoms with Gasteiger partial charge in [-0.25, -0.2) is 0 Å². The van der Waals surface area contributed by atoms with Gasteiger partial charge >= 0.3 is 0 Å². The first-order valence-corrected chi connectivity index (χ1v) is 6.80. The van der Waals surface area contributed by atoms with E-state index in [9.17, 15) is 0 Å². The summed E-state index contributed by atoms with van der Waals surface area (Å²) in [4.78, 5) is 2.54. The zero-order chi connectivity index (χ0) is 12.6. The molecule has 0 spiro atoms. The highest BCUT2D eigenvalue weighted by Crippen LogP contribution is 2.07. The summed E-state index contributed by atoms with van der Waals surface area (Å²) in [6.07, 6.45) is 3.95. The minimum Gasteiger partial charge on any atom is -0.313 e. The van der Waals surface area contributed by atoms with Crippen molar-refractivity contribution in [2.75, 3.05) is 26.2 Å². The van der Waals surface area contributed by atoms with Gasteiger partial charge in [0.15, 0.2) is 0 Å². The van der Waals surface area contributed by atoms with Crippen LogP contribution in [0.25, 0.3) is 0 Å². The first-order chi connectivity index (χ1) is 8.88. The molecule has 3 nitrogen and oxygen atoms in total. The lowest BCUT2D eigenvalue weighted by Crippen LogP contribution is -2.24. The smallest absolute Gasteiger partial charge is 0.0991 e. The van der Waals surface area contributed by atoms with Crippen molar-refractivity contribution in [3.05, 3.63) is 35.4 Å². The third-order valence-electron chi connectivity index (χ3n) is 3.41. The Hall–Kier alpha value is -1.37. The van der Waals surface area contributed by atoms with Gasteiger partial charge in [0.2, 0.25) is 0 Å². The molecule has 3 heteroatoms. The predicted octanol–water partition coefficient (Wildman–Crippen LogP) is 2.13. The molecular weight excluding hydrogens is 222 g/mol. The third kappa shape index (κ3) is 4.14. The summed E-state index contributed by atoms with van der Waals surface area (Å²) in [5, 5.41) is 12.3. The van der Waals surface area contributed by atoms with Crippen molar-refractivity contribution in [3.8, 4) is 6.07 Å². The molecular formula is C15H21N3. The maximum Gasteiger partial charge on any atom is 0.0991 e. The van der Waals surface area contributed by atoms with Crippen LogP contribution in [0.4, 0.5) is 0 Å². The van der Waals surface area contributed by atoms with Crippen LogP contribution in [0.1, 0.15) is 30.4 Å². The van der Waals surface area contributed by atoms with E-state index in [1.165, 1.54) is 44.5 Å². The lowest BCUT2D eigenvalue weighted by atomic mass is 10.1. The lowest BCUT2D eigenvalue weighted by Gasteiger charge is -2.14. The fraction of sp³-hybridized carbons (Fsp3) is 0.533. The maximum atomic E-state index is 8.82. The second-order valence-electron chi connectivity index (χ2n) is 4.89. The molecule has 1 heterocycles. The van der Waals surface area contributed by atoms with E-state index in [0.29, 0.717) is 0 Å². The normalized spacial score (nSPS) is 15.7. The van der Waals surface area contributed by atoms with Crippen LogP contribution in [0.15, 0.2) is 24.3 Å². The molecule has 0 atom stereocenters. The minimum atomic E-state index is 0.742. The lowest BCUT2D eigenvalue weighted by molar-refractivity contribution is 0.331. The highest BCUT2D eigenvalue weighted by atomic mass is 15.1. The summed E-state index contributed by atoms with van der Waals surface area (Å²) < 4.78 is 0. The van der Waals surface area contributed by atoms with Crippen molar-refractivity contribution in [2.24, 2.45) is 0 Å². The third-order valence-corrected chi connectivity index (χ3v) is 3.41. The summed E-state index contributed by atoms with van der Waals surface area (Å²) in [6, 6.07) is 9.98. The zero-order valence-electron chi connectivity index (χ0n) is 10.9. The quantitative estimate of drug-likeness (QED) is 0.778. The summed E-state index contributed by atoms with van der Waals surface area (Å²) in [6.45, 7) is 5.68. The van der Waals surface area contributed by atoms with E-state index >= 15 is 0 Å². The Bertz CT molecular complexity index is 402. The Balaban J connectivity index is 1.61. The van der Waals surface area contributed by atoms with Crippen molar-refractivity contribution in [1.82, 2.24) is 10.2 Å². The minimum absolute atomic E-state index is 0.742. The summed E-state index contributed by atoms with van der Waals surface area (Å²) in [7, 11) is 0. The van der Waals surface area contributed by atoms with Gasteiger partial charge in [-0.1, -0.05) is 12.1 Å². The van der Waals surface area contributed by atoms with Gasteiger partial charge in [-0.15, -0.1) is 0 Å². The van der Waals surface area contributed by atoms with Crippen molar-refractivity contribution in [2.45, 2.75) is 25.8 Å². The number of nitrogens with zero attached hydrogens (tertiary/aromatic N) is 2. The zero-order valence-corrected chi connectivity index (χ0v) is 10.9. The Labute approximate surface area is 109 Å². The van der Waals surface area contributed by atoms with Gasteiger partial charge in [0, 0.05) is 6.54 Å². The molecule has 0 bridgehead atoms. The number of nitrogens with one attached hydrogen (secondary N) is 1. The molecule has 1 aliphatic rings. The fourth-order valence-corrected chi connectivity index (χ4v) is 2.42. The number of hydrogen-bond acceptors (Lipinski definition) is 3. The van der Waals surface area contributed by atoms with Crippen molar-refractivity contribution in [1.29, 1.82) is 5.26 Å². The van der Waals surface area contributed by atoms with Gasteiger partial charge in [-0.3, -0.25) is 0 Å². The van der Waals surface area contributed by atoms with E-state index in [0.717, 1.165) is 18.7 Å². The van der Waals surface area contributed by atoms with Gasteiger partial charge in [-0.2, -0.15) is 5.26 Å². The molecule has 1 N–H and O–H groups in total. The molecule has 96 valence electrons. The van der Waals surface area contributed by atoms with Crippen LogP contribution >= 0.6 is 0 Å². The standard InChI is InChI=1S/C15H21N3/c16-12-14-5-3-6-15(11-14)13-17-7-4-10-18-8-1-2-9-18/h3,5-6,11,17H,1-2,4,7-10,13H2. The van der Waals surface area contributed by atoms with E-state index < -0.39 is 0 Å². The Morgan fingerprint density at radius 2 is 2.11 bits per heavy atom. The van der Waals surface area contributed by atoms with Crippen LogP contribution in [0.3, 0.4) is 0 Å². The van der Waals surface area contributed by atoms with Crippen LogP contribution < -0.4 is 5.32 Å². The molecule has 0 amide bonds. The molecule has 0 aliphatic carbocycles. The Kier molecular flexibility index (Phi) is 5.19. The number of rotatable bonds is 6. The van der Waals surface area contributed by atoms with Crippen LogP contribution in [0, 0.1) is 11.3 Å². The second kappa shape index (κ2) is 7.15. The SMILES string of the molecule is N#Cc1cccc(CNCCCN2CCCC2)c1. The maximum absolute atomic E-state index is 8.82. The molecule has 0 saturated carbocycles. The largest absolute Gasteiger partial charge is 0.313 e. The average Bonchev–Trinajstić information content (AvgIpc) is 2.92. The number of nitriles is 1. The second-order valence-corrected chi connectivity index (χ2v) is 4.89. The van der Waals surface area contributed by atoms with Crippen molar-refractivity contribution >= 4 is 0 Å². The molecule has 18 heavy (non-hydrogen) atoms. The molecule has 0 aromatic heterocycles. The summed E-state index contributed by atoms with van der Waals surface area (Å²) in [5.74, 6) is 0. The number of benzene rings is 1. The Morgan fingerprint density at radius 1 is 1.28 bits per heavy atom. The molecule has 1 saturated heterocycles. The van der Waals surface area contributed by atoms with Crippen molar-refractivity contribution in [3.63, 3.8) is 0 Å². The molecule has 0 radical (unpaired) electrons. The van der Waals surface area contributed by atoms with Gasteiger partial charge in [0.25, 0.3) is 0 Å². The van der Waals surface area contributed by atoms with Crippen LogP contribution in [-0.4, -0.2) is 31.1 Å². The monoisotopic (exact) mass is 243 g/mol. The van der Waals surface area contributed by atoms with Gasteiger partial charge in [0.1, 0.15) is 0 Å². The highest BCUT2D eigenvalue weighted by molar-refractivity contribution is 5.32. The summed E-state index contributed by atoms with van der Waals surface area (Å²) in [5.41, 5.74) is 1.93. The molecule has 1 aromatic carbocycles. The van der Waals surface area contributed by atoms with Gasteiger partial charge < -0.3 is 10.2 Å². The van der Waals surface area contributed by atoms with Gasteiger partial charge in [0.05, 0.1) is 11.6 Å². The fourth-order valence-electron chi connectivity index (χ4n) is 2.42. The van der Waals surface area contributed by atoms with Crippen molar-refractivity contribution < 1.29 is 0 Å². The van der Waals surface area contributed by atoms with E-state index in [2.05, 4.69) is 22.4 Å². The molecule has 0 unspecified atom stereocenters. The van der Waals surface area contributed by atoms with E-state index in [1.807, 2.05) is 18.2 Å². The molecule has 2 rings (SSSR count). The first-order valence-electron chi connectivity index (χ1n) is 6.80. The van der Waals surface area contributed by atoms with E-state index in [-0.39, 0.29) is 0 Å². The van der Waals surface area contributed by atoms with E-state index in [1.54, 1.807) is 0 Å². The number of hydrogen-bond donors (Lipinski definition) is 1. The molecule has 1 aromatic rings. The topological polar surface area (TPSA) is 39.1 Å². The first kappa shape index (κ1) is 13.1.